The van der Waals surface area contributed by atoms with Crippen LogP contribution in [0.3, 0.4) is 0 Å². The molecule has 0 radical (unpaired) electrons. The molecule has 1 aromatic heterocycles. The molecule has 1 rings (SSSR count). The minimum absolute atomic E-state index is 0.519. The first-order chi connectivity index (χ1) is 6.97. The van der Waals surface area contributed by atoms with Gasteiger partial charge in [0.2, 0.25) is 0 Å². The van der Waals surface area contributed by atoms with E-state index in [1.165, 1.54) is 18.7 Å². The minimum Gasteiger partial charge on any atom is -0.472 e. The van der Waals surface area contributed by atoms with E-state index in [1.54, 1.807) is 26.8 Å². The predicted octanol–water partition coefficient (Wildman–Crippen LogP) is 2.14. The lowest BCUT2D eigenvalue weighted by molar-refractivity contribution is 0.0529. The van der Waals surface area contributed by atoms with Crippen molar-refractivity contribution in [2.45, 2.75) is 26.4 Å². The van der Waals surface area contributed by atoms with Gasteiger partial charge < -0.3 is 9.15 Å². The molecule has 0 saturated heterocycles. The number of hydrogen-bond donors (Lipinski definition) is 1. The van der Waals surface area contributed by atoms with E-state index in [1.807, 2.05) is 0 Å². The van der Waals surface area contributed by atoms with E-state index in [0.29, 0.717) is 0 Å². The molecule has 0 spiro atoms. The van der Waals surface area contributed by atoms with Gasteiger partial charge in [0.25, 0.3) is 0 Å². The Morgan fingerprint density at radius 3 is 2.87 bits per heavy atom. The first-order valence-electron chi connectivity index (χ1n) is 4.51. The average molecular weight is 210 g/mol. The molecule has 1 aromatic rings. The summed E-state index contributed by atoms with van der Waals surface area (Å²) < 4.78 is 9.79. The lowest BCUT2D eigenvalue weighted by Gasteiger charge is -2.18. The van der Waals surface area contributed by atoms with Crippen LogP contribution in [-0.2, 0) is 4.74 Å². The molecule has 0 unspecified atom stereocenters. The molecule has 0 aliphatic rings. The van der Waals surface area contributed by atoms with Crippen molar-refractivity contribution in [3.63, 3.8) is 0 Å². The summed E-state index contributed by atoms with van der Waals surface area (Å²) in [7, 11) is 0. The molecule has 15 heavy (non-hydrogen) atoms. The van der Waals surface area contributed by atoms with E-state index in [-0.39, 0.29) is 0 Å². The molecule has 0 atom stereocenters. The van der Waals surface area contributed by atoms with Gasteiger partial charge in [0.15, 0.2) is 0 Å². The minimum atomic E-state index is -0.581. The van der Waals surface area contributed by atoms with Crippen LogP contribution in [0.5, 0.6) is 0 Å². The number of nitrogens with zero attached hydrogens (tertiary/aromatic N) is 1. The van der Waals surface area contributed by atoms with Gasteiger partial charge in [-0.3, -0.25) is 0 Å². The molecule has 0 aliphatic heterocycles. The lowest BCUT2D eigenvalue weighted by Crippen LogP contribution is -2.29. The molecular weight excluding hydrogens is 196 g/mol. The summed E-state index contributed by atoms with van der Waals surface area (Å²) in [5, 5.41) is 3.69. The van der Waals surface area contributed by atoms with Gasteiger partial charge in [-0.25, -0.2) is 10.2 Å². The van der Waals surface area contributed by atoms with Gasteiger partial charge in [0, 0.05) is 5.56 Å². The monoisotopic (exact) mass is 210 g/mol. The van der Waals surface area contributed by atoms with Crippen molar-refractivity contribution in [1.29, 1.82) is 0 Å². The maximum atomic E-state index is 11.1. The Labute approximate surface area is 88.1 Å². The van der Waals surface area contributed by atoms with Crippen LogP contribution < -0.4 is 5.43 Å². The molecule has 0 saturated carbocycles. The molecule has 0 bridgehead atoms. The van der Waals surface area contributed by atoms with E-state index in [2.05, 4.69) is 10.5 Å². The van der Waals surface area contributed by atoms with Gasteiger partial charge in [0.1, 0.15) is 5.60 Å². The maximum Gasteiger partial charge on any atom is 0.428 e. The molecule has 82 valence electrons. The zero-order valence-corrected chi connectivity index (χ0v) is 8.98. The Kier molecular flexibility index (Phi) is 3.49. The second-order valence-corrected chi connectivity index (χ2v) is 3.93. The number of furan rings is 1. The van der Waals surface area contributed by atoms with E-state index in [4.69, 9.17) is 9.15 Å². The van der Waals surface area contributed by atoms with Crippen LogP contribution in [0.4, 0.5) is 4.79 Å². The Morgan fingerprint density at radius 1 is 1.60 bits per heavy atom. The predicted molar refractivity (Wildman–Crippen MR) is 55.7 cm³/mol. The number of hydrazone groups is 1. The van der Waals surface area contributed by atoms with Crippen LogP contribution in [0.1, 0.15) is 26.3 Å². The Balaban J connectivity index is 2.35. The normalized spacial score (nSPS) is 11.7. The van der Waals surface area contributed by atoms with Gasteiger partial charge in [-0.15, -0.1) is 0 Å². The highest BCUT2D eigenvalue weighted by atomic mass is 16.6. The van der Waals surface area contributed by atoms with Crippen molar-refractivity contribution in [3.05, 3.63) is 24.2 Å². The average Bonchev–Trinajstić information content (AvgIpc) is 2.53. The standard InChI is InChI=1S/C10H14N2O3/c1-10(2,3)15-9(13)12-11-6-8-4-5-14-7-8/h4-7H,1-3H3,(H,12,13). The second-order valence-electron chi connectivity index (χ2n) is 3.93. The fourth-order valence-corrected chi connectivity index (χ4v) is 0.809. The van der Waals surface area contributed by atoms with Gasteiger partial charge in [-0.2, -0.15) is 5.10 Å². The zero-order chi connectivity index (χ0) is 11.3. The lowest BCUT2D eigenvalue weighted by atomic mass is 10.2. The van der Waals surface area contributed by atoms with Gasteiger partial charge >= 0.3 is 6.09 Å². The summed E-state index contributed by atoms with van der Waals surface area (Å²) in [6, 6.07) is 1.72. The van der Waals surface area contributed by atoms with Crippen molar-refractivity contribution in [3.8, 4) is 0 Å². The molecule has 1 amide bonds. The van der Waals surface area contributed by atoms with E-state index >= 15 is 0 Å². The third-order valence-electron chi connectivity index (χ3n) is 1.31. The Bertz CT molecular complexity index is 336. The van der Waals surface area contributed by atoms with Gasteiger partial charge in [0.05, 0.1) is 18.7 Å². The van der Waals surface area contributed by atoms with Crippen LogP contribution in [0.25, 0.3) is 0 Å². The number of nitrogens with one attached hydrogen (secondary N) is 1. The quantitative estimate of drug-likeness (QED) is 0.600. The highest BCUT2D eigenvalue weighted by Crippen LogP contribution is 2.06. The van der Waals surface area contributed by atoms with Crippen LogP contribution >= 0.6 is 0 Å². The number of carbonyl (C=O) groups is 1. The molecular formula is C10H14N2O3. The second kappa shape index (κ2) is 4.63. The Morgan fingerprint density at radius 2 is 2.33 bits per heavy atom. The third-order valence-corrected chi connectivity index (χ3v) is 1.31. The van der Waals surface area contributed by atoms with Crippen molar-refractivity contribution in [2.75, 3.05) is 0 Å². The van der Waals surface area contributed by atoms with Crippen LogP contribution in [-0.4, -0.2) is 17.9 Å². The molecule has 5 heteroatoms. The summed E-state index contributed by atoms with van der Waals surface area (Å²) in [4.78, 5) is 11.1. The summed E-state index contributed by atoms with van der Waals surface area (Å²) in [6.45, 7) is 5.35. The topological polar surface area (TPSA) is 63.8 Å². The summed E-state index contributed by atoms with van der Waals surface area (Å²) in [5.41, 5.74) is 2.49. The summed E-state index contributed by atoms with van der Waals surface area (Å²) >= 11 is 0. The van der Waals surface area contributed by atoms with Crippen LogP contribution in [0.2, 0.25) is 0 Å². The zero-order valence-electron chi connectivity index (χ0n) is 8.98. The molecule has 0 aromatic carbocycles. The van der Waals surface area contributed by atoms with Crippen LogP contribution in [0.15, 0.2) is 28.1 Å². The molecule has 0 fully saturated rings. The number of hydrogen-bond acceptors (Lipinski definition) is 4. The third kappa shape index (κ3) is 4.85. The van der Waals surface area contributed by atoms with Gasteiger partial charge in [-0.05, 0) is 26.8 Å². The summed E-state index contributed by atoms with van der Waals surface area (Å²) in [5.74, 6) is 0. The number of carbonyl (C=O) groups excluding carboxylic acids is 1. The van der Waals surface area contributed by atoms with Crippen LogP contribution in [0, 0.1) is 0 Å². The fourth-order valence-electron chi connectivity index (χ4n) is 0.809. The number of amides is 1. The SMILES string of the molecule is CC(C)(C)OC(=O)NN=Cc1ccoc1. The molecule has 1 heterocycles. The smallest absolute Gasteiger partial charge is 0.428 e. The van der Waals surface area contributed by atoms with Crippen molar-refractivity contribution in [2.24, 2.45) is 5.10 Å². The first kappa shape index (κ1) is 11.3. The van der Waals surface area contributed by atoms with E-state index < -0.39 is 11.7 Å². The fraction of sp³-hybridized carbons (Fsp3) is 0.400. The number of rotatable bonds is 2. The molecule has 0 aliphatic carbocycles. The van der Waals surface area contributed by atoms with Crippen molar-refractivity contribution in [1.82, 2.24) is 5.43 Å². The maximum absolute atomic E-state index is 11.1. The van der Waals surface area contributed by atoms with E-state index in [9.17, 15) is 4.79 Å². The van der Waals surface area contributed by atoms with Crippen molar-refractivity contribution < 1.29 is 13.9 Å². The molecule has 5 nitrogen and oxygen atoms in total. The van der Waals surface area contributed by atoms with E-state index in [0.717, 1.165) is 5.56 Å². The largest absolute Gasteiger partial charge is 0.472 e. The van der Waals surface area contributed by atoms with Gasteiger partial charge in [-0.1, -0.05) is 0 Å². The first-order valence-corrected chi connectivity index (χ1v) is 4.51. The Hall–Kier alpha value is -1.78. The highest BCUT2D eigenvalue weighted by Gasteiger charge is 2.15. The number of ether oxygens (including phenoxy) is 1. The van der Waals surface area contributed by atoms with Crippen molar-refractivity contribution >= 4 is 12.3 Å². The molecule has 1 N–H and O–H groups in total. The summed E-state index contributed by atoms with van der Waals surface area (Å²) in [6.07, 6.45) is 3.92. The highest BCUT2D eigenvalue weighted by molar-refractivity contribution is 5.80.